The zero-order valence-electron chi connectivity index (χ0n) is 9.79. The van der Waals surface area contributed by atoms with Crippen molar-refractivity contribution in [1.82, 2.24) is 4.98 Å². The molecule has 1 aromatic rings. The van der Waals surface area contributed by atoms with Crippen molar-refractivity contribution in [2.24, 2.45) is 0 Å². The van der Waals surface area contributed by atoms with Crippen LogP contribution in [-0.4, -0.2) is 30.8 Å². The van der Waals surface area contributed by atoms with Gasteiger partial charge in [-0.3, -0.25) is 0 Å². The third-order valence-electron chi connectivity index (χ3n) is 2.87. The summed E-state index contributed by atoms with van der Waals surface area (Å²) in [5.74, 6) is 0.436. The van der Waals surface area contributed by atoms with Crippen LogP contribution in [0.25, 0.3) is 0 Å². The van der Waals surface area contributed by atoms with Crippen LogP contribution in [-0.2, 0) is 10.6 Å². The first-order chi connectivity index (χ1) is 8.24. The van der Waals surface area contributed by atoms with Gasteiger partial charge in [-0.2, -0.15) is 0 Å². The van der Waals surface area contributed by atoms with E-state index in [0.29, 0.717) is 17.1 Å². The molecule has 96 valence electrons. The van der Waals surface area contributed by atoms with E-state index < -0.39 is 0 Å². The molecule has 0 bridgehead atoms. The number of halogens is 2. The quantitative estimate of drug-likeness (QED) is 0.794. The Morgan fingerprint density at radius 2 is 2.18 bits per heavy atom. The topological polar surface area (TPSA) is 25.4 Å². The molecule has 0 atom stereocenters. The molecular formula is C11H16Cl2N2OS. The minimum absolute atomic E-state index is 0.402. The fourth-order valence-corrected chi connectivity index (χ4v) is 3.51. The number of aromatic nitrogens is 1. The lowest BCUT2D eigenvalue weighted by Gasteiger charge is -2.31. The van der Waals surface area contributed by atoms with E-state index in [1.54, 1.807) is 11.3 Å². The molecule has 1 aliphatic heterocycles. The first kappa shape index (κ1) is 13.4. The highest BCUT2D eigenvalue weighted by Crippen LogP contribution is 2.32. The third-order valence-corrected chi connectivity index (χ3v) is 4.84. The molecule has 3 nitrogen and oxygen atoms in total. The van der Waals surface area contributed by atoms with Gasteiger partial charge in [0.1, 0.15) is 5.15 Å². The minimum Gasteiger partial charge on any atom is -0.378 e. The fraction of sp³-hybridized carbons (Fsp3) is 0.727. The number of ether oxygens (including phenoxy) is 1. The van der Waals surface area contributed by atoms with Gasteiger partial charge in [0.2, 0.25) is 0 Å². The second kappa shape index (κ2) is 6.23. The SMILES string of the molecule is CCOC1CCN(c2nc(Cl)c(CCl)s2)CC1. The second-order valence-electron chi connectivity index (χ2n) is 3.99. The summed E-state index contributed by atoms with van der Waals surface area (Å²) in [6.07, 6.45) is 2.52. The number of hydrogen-bond donors (Lipinski definition) is 0. The summed E-state index contributed by atoms with van der Waals surface area (Å²) in [7, 11) is 0. The van der Waals surface area contributed by atoms with Crippen LogP contribution in [0.2, 0.25) is 5.15 Å². The van der Waals surface area contributed by atoms with Gasteiger partial charge in [0.25, 0.3) is 0 Å². The van der Waals surface area contributed by atoms with Gasteiger partial charge in [0, 0.05) is 19.7 Å². The van der Waals surface area contributed by atoms with Crippen LogP contribution in [0.1, 0.15) is 24.6 Å². The van der Waals surface area contributed by atoms with Crippen molar-refractivity contribution in [2.45, 2.75) is 31.7 Å². The van der Waals surface area contributed by atoms with Gasteiger partial charge in [0.15, 0.2) is 5.13 Å². The van der Waals surface area contributed by atoms with E-state index in [1.165, 1.54) is 0 Å². The Labute approximate surface area is 116 Å². The average molecular weight is 295 g/mol. The predicted molar refractivity (Wildman–Crippen MR) is 73.5 cm³/mol. The van der Waals surface area contributed by atoms with E-state index in [2.05, 4.69) is 9.88 Å². The fourth-order valence-electron chi connectivity index (χ4n) is 1.99. The van der Waals surface area contributed by atoms with Gasteiger partial charge < -0.3 is 9.64 Å². The number of rotatable bonds is 4. The molecule has 0 aliphatic carbocycles. The Balaban J connectivity index is 1.95. The molecule has 1 aliphatic rings. The first-order valence-corrected chi connectivity index (χ1v) is 7.55. The normalized spacial score (nSPS) is 17.7. The Hall–Kier alpha value is -0.0300. The lowest BCUT2D eigenvalue weighted by molar-refractivity contribution is 0.0459. The molecule has 0 radical (unpaired) electrons. The summed E-state index contributed by atoms with van der Waals surface area (Å²) < 4.78 is 5.63. The molecule has 0 spiro atoms. The standard InChI is InChI=1S/C11H16Cl2N2OS/c1-2-16-8-3-5-15(6-4-8)11-14-10(13)9(7-12)17-11/h8H,2-7H2,1H3. The van der Waals surface area contributed by atoms with Gasteiger partial charge >= 0.3 is 0 Å². The average Bonchev–Trinajstić information content (AvgIpc) is 2.72. The van der Waals surface area contributed by atoms with Gasteiger partial charge in [-0.1, -0.05) is 22.9 Å². The van der Waals surface area contributed by atoms with Gasteiger partial charge in [-0.25, -0.2) is 4.98 Å². The number of hydrogen-bond acceptors (Lipinski definition) is 4. The third kappa shape index (κ3) is 3.25. The highest BCUT2D eigenvalue weighted by Gasteiger charge is 2.22. The van der Waals surface area contributed by atoms with E-state index in [-0.39, 0.29) is 0 Å². The van der Waals surface area contributed by atoms with E-state index >= 15 is 0 Å². The summed E-state index contributed by atoms with van der Waals surface area (Å²) in [5.41, 5.74) is 0. The molecule has 17 heavy (non-hydrogen) atoms. The van der Waals surface area contributed by atoms with Crippen molar-refractivity contribution < 1.29 is 4.74 Å². The summed E-state index contributed by atoms with van der Waals surface area (Å²) in [4.78, 5) is 7.58. The molecule has 0 amide bonds. The van der Waals surface area contributed by atoms with Crippen LogP contribution in [0, 0.1) is 0 Å². The van der Waals surface area contributed by atoms with Gasteiger partial charge in [-0.15, -0.1) is 11.6 Å². The number of piperidine rings is 1. The molecule has 2 rings (SSSR count). The first-order valence-electron chi connectivity index (χ1n) is 5.82. The highest BCUT2D eigenvalue weighted by molar-refractivity contribution is 7.16. The Morgan fingerprint density at radius 1 is 1.47 bits per heavy atom. The van der Waals surface area contributed by atoms with Crippen molar-refractivity contribution >= 4 is 39.7 Å². The molecule has 1 saturated heterocycles. The van der Waals surface area contributed by atoms with E-state index in [0.717, 1.165) is 42.5 Å². The number of nitrogens with zero attached hydrogens (tertiary/aromatic N) is 2. The molecule has 6 heteroatoms. The molecular weight excluding hydrogens is 279 g/mol. The molecule has 1 fully saturated rings. The zero-order chi connectivity index (χ0) is 12.3. The summed E-state index contributed by atoms with van der Waals surface area (Å²) >= 11 is 13.4. The Bertz CT molecular complexity index is 364. The van der Waals surface area contributed by atoms with Crippen LogP contribution in [0.15, 0.2) is 0 Å². The Morgan fingerprint density at radius 3 is 2.71 bits per heavy atom. The monoisotopic (exact) mass is 294 g/mol. The number of thiazole rings is 1. The maximum absolute atomic E-state index is 6.01. The van der Waals surface area contributed by atoms with E-state index in [9.17, 15) is 0 Å². The van der Waals surface area contributed by atoms with Crippen LogP contribution in [0.3, 0.4) is 0 Å². The molecule has 0 unspecified atom stereocenters. The lowest BCUT2D eigenvalue weighted by atomic mass is 10.1. The maximum atomic E-state index is 6.01. The second-order valence-corrected chi connectivity index (χ2v) is 5.67. The summed E-state index contributed by atoms with van der Waals surface area (Å²) in [6.45, 7) is 4.80. The van der Waals surface area contributed by atoms with E-state index in [4.69, 9.17) is 27.9 Å². The van der Waals surface area contributed by atoms with Crippen LogP contribution < -0.4 is 4.90 Å². The van der Waals surface area contributed by atoms with Crippen molar-refractivity contribution in [2.75, 3.05) is 24.6 Å². The van der Waals surface area contributed by atoms with Crippen LogP contribution >= 0.6 is 34.5 Å². The van der Waals surface area contributed by atoms with Crippen LogP contribution in [0.4, 0.5) is 5.13 Å². The van der Waals surface area contributed by atoms with Crippen molar-refractivity contribution in [3.8, 4) is 0 Å². The smallest absolute Gasteiger partial charge is 0.187 e. The molecule has 0 N–H and O–H groups in total. The molecule has 1 aromatic heterocycles. The van der Waals surface area contributed by atoms with Crippen molar-refractivity contribution in [3.05, 3.63) is 10.0 Å². The molecule has 2 heterocycles. The Kier molecular flexibility index (Phi) is 4.91. The summed E-state index contributed by atoms with van der Waals surface area (Å²) in [6, 6.07) is 0. The van der Waals surface area contributed by atoms with E-state index in [1.807, 2.05) is 6.92 Å². The predicted octanol–water partition coefficient (Wildman–Crippen LogP) is 3.54. The summed E-state index contributed by atoms with van der Waals surface area (Å²) in [5, 5.41) is 1.53. The van der Waals surface area contributed by atoms with Crippen LogP contribution in [0.5, 0.6) is 0 Å². The number of anilines is 1. The zero-order valence-corrected chi connectivity index (χ0v) is 12.1. The maximum Gasteiger partial charge on any atom is 0.187 e. The minimum atomic E-state index is 0.402. The van der Waals surface area contributed by atoms with Crippen molar-refractivity contribution in [3.63, 3.8) is 0 Å². The number of alkyl halides is 1. The molecule has 0 saturated carbocycles. The van der Waals surface area contributed by atoms with Gasteiger partial charge in [0.05, 0.1) is 16.9 Å². The van der Waals surface area contributed by atoms with Gasteiger partial charge in [-0.05, 0) is 19.8 Å². The largest absolute Gasteiger partial charge is 0.378 e. The highest BCUT2D eigenvalue weighted by atomic mass is 35.5. The van der Waals surface area contributed by atoms with Crippen molar-refractivity contribution in [1.29, 1.82) is 0 Å². The molecule has 0 aromatic carbocycles. The lowest BCUT2D eigenvalue weighted by Crippen LogP contribution is -2.36.